The molecule has 0 amide bonds. The lowest BCUT2D eigenvalue weighted by atomic mass is 10.2. The van der Waals surface area contributed by atoms with Crippen molar-refractivity contribution in [2.24, 2.45) is 0 Å². The molecule has 0 atom stereocenters. The second-order valence-corrected chi connectivity index (χ2v) is 14.1. The van der Waals surface area contributed by atoms with E-state index in [1.165, 1.54) is 32.0 Å². The summed E-state index contributed by atoms with van der Waals surface area (Å²) in [5, 5.41) is -1.03. The topological polar surface area (TPSA) is 68.3 Å². The van der Waals surface area contributed by atoms with Crippen molar-refractivity contribution in [1.82, 2.24) is 0 Å². The van der Waals surface area contributed by atoms with Crippen molar-refractivity contribution >= 4 is 30.6 Å². The molecular weight excluding hydrogens is 481 g/mol. The van der Waals surface area contributed by atoms with Crippen LogP contribution in [-0.2, 0) is 25.9 Å². The molecule has 3 aromatic rings. The summed E-state index contributed by atoms with van der Waals surface area (Å²) in [7, 11) is -9.67. The Hall–Kier alpha value is -2.30. The maximum Gasteiger partial charge on any atom is 0.417 e. The number of fused-ring (bicyclic) bond motifs is 2. The number of hydrogen-bond donors (Lipinski definition) is 1. The van der Waals surface area contributed by atoms with Gasteiger partial charge in [0.05, 0.1) is 25.5 Å². The smallest absolute Gasteiger partial charge is 0.223 e. The normalized spacial score (nSPS) is 16.5. The van der Waals surface area contributed by atoms with Gasteiger partial charge in [-0.05, 0) is 61.2 Å². The Morgan fingerprint density at radius 2 is 1.34 bits per heavy atom. The minimum atomic E-state index is -4.90. The Labute approximate surface area is 187 Å². The Morgan fingerprint density at radius 3 is 1.81 bits per heavy atom. The molecule has 4 nitrogen and oxygen atoms in total. The molecule has 0 fully saturated rings. The Morgan fingerprint density at radius 1 is 0.844 bits per heavy atom. The lowest BCUT2D eigenvalue weighted by Gasteiger charge is -2.32. The predicted octanol–water partition coefficient (Wildman–Crippen LogP) is 5.51. The van der Waals surface area contributed by atoms with Gasteiger partial charge in [0, 0.05) is 9.79 Å². The molecule has 0 saturated heterocycles. The molecule has 0 N–H and O–H groups in total. The lowest BCUT2D eigenvalue weighted by Crippen LogP contribution is -2.20. The highest BCUT2D eigenvalue weighted by Gasteiger charge is 2.40. The van der Waals surface area contributed by atoms with Crippen molar-refractivity contribution in [3.05, 3.63) is 72.3 Å². The van der Waals surface area contributed by atoms with E-state index in [9.17, 15) is 30.0 Å². The van der Waals surface area contributed by atoms with E-state index in [0.717, 1.165) is 12.1 Å². The van der Waals surface area contributed by atoms with Crippen LogP contribution in [0.3, 0.4) is 0 Å². The van der Waals surface area contributed by atoms with Crippen molar-refractivity contribution in [1.29, 1.82) is 0 Å². The third-order valence-corrected chi connectivity index (χ3v) is 12.2. The molecule has 1 heterocycles. The summed E-state index contributed by atoms with van der Waals surface area (Å²) < 4.78 is 93.3. The highest BCUT2D eigenvalue weighted by molar-refractivity contribution is 8.18. The molecule has 0 radical (unpaired) electrons. The molecule has 4 rings (SSSR count). The number of halogens is 3. The van der Waals surface area contributed by atoms with Crippen molar-refractivity contribution < 1.29 is 30.0 Å². The first kappa shape index (κ1) is 22.9. The summed E-state index contributed by atoms with van der Waals surface area (Å²) in [5.41, 5.74) is -1.24. The monoisotopic (exact) mass is 500 g/mol. The molecule has 0 spiro atoms. The Balaban J connectivity index is 2.04. The molecule has 1 aliphatic rings. The molecule has 0 saturated carbocycles. The van der Waals surface area contributed by atoms with Crippen LogP contribution in [0.25, 0.3) is 0 Å². The summed E-state index contributed by atoms with van der Waals surface area (Å²) in [4.78, 5) is 0.381. The van der Waals surface area contributed by atoms with Gasteiger partial charge in [-0.15, -0.1) is 0 Å². The molecule has 0 aromatic heterocycles. The second-order valence-electron chi connectivity index (χ2n) is 7.55. The molecule has 170 valence electrons. The average Bonchev–Trinajstić information content (AvgIpc) is 2.73. The average molecular weight is 501 g/mol. The first-order chi connectivity index (χ1) is 14.9. The van der Waals surface area contributed by atoms with Crippen molar-refractivity contribution in [3.8, 4) is 0 Å². The zero-order chi connectivity index (χ0) is 23.5. The van der Waals surface area contributed by atoms with E-state index in [-0.39, 0.29) is 14.7 Å². The quantitative estimate of drug-likeness (QED) is 0.377. The van der Waals surface area contributed by atoms with E-state index in [4.69, 9.17) is 0 Å². The van der Waals surface area contributed by atoms with E-state index in [2.05, 4.69) is 0 Å². The lowest BCUT2D eigenvalue weighted by molar-refractivity contribution is -0.140. The third-order valence-electron chi connectivity index (χ3n) is 5.25. The SMILES string of the molecule is CC(C)S(=O)(=O)c1ccc([SH]2c3ccccc3S(=O)(=O)c3ccccc32)cc1C(F)(F)F. The fourth-order valence-corrected chi connectivity index (χ4v) is 9.96. The van der Waals surface area contributed by atoms with Crippen LogP contribution in [0.15, 0.2) is 96.1 Å². The Kier molecular flexibility index (Phi) is 5.46. The molecule has 32 heavy (non-hydrogen) atoms. The summed E-state index contributed by atoms with van der Waals surface area (Å²) in [6.45, 7) is 2.65. The van der Waals surface area contributed by atoms with Gasteiger partial charge in [0.25, 0.3) is 0 Å². The number of sulfone groups is 2. The molecule has 0 bridgehead atoms. The largest absolute Gasteiger partial charge is 0.417 e. The van der Waals surface area contributed by atoms with E-state index < -0.39 is 52.5 Å². The van der Waals surface area contributed by atoms with Crippen LogP contribution < -0.4 is 0 Å². The molecular formula is C22H19F3O4S3. The number of alkyl halides is 3. The zero-order valence-corrected chi connectivity index (χ0v) is 19.5. The summed E-state index contributed by atoms with van der Waals surface area (Å²) in [5.74, 6) is 0. The van der Waals surface area contributed by atoms with Gasteiger partial charge in [0.15, 0.2) is 9.84 Å². The van der Waals surface area contributed by atoms with E-state index in [1.54, 1.807) is 36.4 Å². The molecule has 0 aliphatic carbocycles. The van der Waals surface area contributed by atoms with Gasteiger partial charge in [-0.2, -0.15) is 24.1 Å². The third kappa shape index (κ3) is 3.54. The van der Waals surface area contributed by atoms with Gasteiger partial charge in [-0.1, -0.05) is 24.3 Å². The minimum absolute atomic E-state index is 0.0530. The van der Waals surface area contributed by atoms with Crippen LogP contribution in [0.1, 0.15) is 19.4 Å². The van der Waals surface area contributed by atoms with Crippen LogP contribution >= 0.6 is 10.9 Å². The van der Waals surface area contributed by atoms with E-state index in [1.807, 2.05) is 0 Å². The molecule has 10 heteroatoms. The number of hydrogen-bond acceptors (Lipinski definition) is 4. The first-order valence-corrected chi connectivity index (χ1v) is 13.9. The first-order valence-electron chi connectivity index (χ1n) is 9.55. The van der Waals surface area contributed by atoms with Crippen LogP contribution in [0.2, 0.25) is 0 Å². The van der Waals surface area contributed by atoms with Crippen LogP contribution in [0.4, 0.5) is 13.2 Å². The van der Waals surface area contributed by atoms with Gasteiger partial charge >= 0.3 is 6.18 Å². The molecule has 1 aliphatic heterocycles. The van der Waals surface area contributed by atoms with Gasteiger partial charge in [0.1, 0.15) is 0 Å². The van der Waals surface area contributed by atoms with Gasteiger partial charge in [0.2, 0.25) is 9.84 Å². The highest BCUT2D eigenvalue weighted by atomic mass is 32.2. The summed E-state index contributed by atoms with van der Waals surface area (Å²) >= 11 is 0. The fraction of sp³-hybridized carbons (Fsp3) is 0.182. The summed E-state index contributed by atoms with van der Waals surface area (Å²) in [6.07, 6.45) is -4.90. The number of thiol groups is 1. The maximum atomic E-state index is 14.0. The predicted molar refractivity (Wildman–Crippen MR) is 116 cm³/mol. The van der Waals surface area contributed by atoms with E-state index >= 15 is 0 Å². The zero-order valence-electron chi connectivity index (χ0n) is 17.0. The van der Waals surface area contributed by atoms with Crippen molar-refractivity contribution in [2.75, 3.05) is 0 Å². The second kappa shape index (κ2) is 7.64. The van der Waals surface area contributed by atoms with E-state index in [0.29, 0.717) is 9.79 Å². The van der Waals surface area contributed by atoms with Crippen LogP contribution in [0.5, 0.6) is 0 Å². The van der Waals surface area contributed by atoms with Crippen molar-refractivity contribution in [3.63, 3.8) is 0 Å². The highest BCUT2D eigenvalue weighted by Crippen LogP contribution is 2.60. The molecule has 0 unspecified atom stereocenters. The standard InChI is InChI=1S/C22H19F3O4S3/c1-14(2)31(26,27)19-12-11-15(13-16(19)22(23,24)25)30-17-7-3-5-9-20(17)32(28,29)21-10-6-4-8-18(21)30/h3-14,30H,1-2H3. The Bertz CT molecular complexity index is 1370. The number of benzene rings is 3. The van der Waals surface area contributed by atoms with Crippen LogP contribution in [-0.4, -0.2) is 22.1 Å². The fourth-order valence-electron chi connectivity index (χ4n) is 3.65. The van der Waals surface area contributed by atoms with Gasteiger partial charge in [-0.25, -0.2) is 16.8 Å². The van der Waals surface area contributed by atoms with Gasteiger partial charge < -0.3 is 0 Å². The van der Waals surface area contributed by atoms with Crippen LogP contribution in [0, 0.1) is 0 Å². The maximum absolute atomic E-state index is 14.0. The van der Waals surface area contributed by atoms with Crippen molar-refractivity contribution in [2.45, 2.75) is 54.6 Å². The number of rotatable bonds is 3. The van der Waals surface area contributed by atoms with Gasteiger partial charge in [-0.3, -0.25) is 0 Å². The molecule has 3 aromatic carbocycles. The summed E-state index contributed by atoms with van der Waals surface area (Å²) in [6, 6.07) is 15.7. The minimum Gasteiger partial charge on any atom is -0.223 e.